The third-order valence-corrected chi connectivity index (χ3v) is 5.56. The predicted molar refractivity (Wildman–Crippen MR) is 92.4 cm³/mol. The number of nitrogens with zero attached hydrogens (tertiary/aromatic N) is 1. The van der Waals surface area contributed by atoms with Crippen molar-refractivity contribution in [3.05, 3.63) is 65.0 Å². The van der Waals surface area contributed by atoms with Crippen LogP contribution in [-0.4, -0.2) is 36.1 Å². The summed E-state index contributed by atoms with van der Waals surface area (Å²) < 4.78 is 65.7. The van der Waals surface area contributed by atoms with E-state index in [9.17, 15) is 26.4 Å². The number of aromatic nitrogens is 1. The number of sulfonamides is 1. The first-order valence-electron chi connectivity index (χ1n) is 7.98. The van der Waals surface area contributed by atoms with E-state index in [-0.39, 0.29) is 23.4 Å². The van der Waals surface area contributed by atoms with Gasteiger partial charge in [0.2, 0.25) is 10.0 Å². The highest BCUT2D eigenvalue weighted by atomic mass is 32.2. The van der Waals surface area contributed by atoms with Gasteiger partial charge in [0.1, 0.15) is 5.25 Å². The van der Waals surface area contributed by atoms with Gasteiger partial charge in [-0.15, -0.1) is 0 Å². The number of pyridine rings is 1. The van der Waals surface area contributed by atoms with Crippen molar-refractivity contribution in [2.24, 2.45) is 0 Å². The van der Waals surface area contributed by atoms with E-state index in [1.807, 2.05) is 0 Å². The van der Waals surface area contributed by atoms with Gasteiger partial charge in [-0.1, -0.05) is 18.2 Å². The van der Waals surface area contributed by atoms with E-state index < -0.39 is 45.9 Å². The molecule has 11 heteroatoms. The van der Waals surface area contributed by atoms with Gasteiger partial charge in [-0.05, 0) is 30.2 Å². The van der Waals surface area contributed by atoms with E-state index >= 15 is 0 Å². The van der Waals surface area contributed by atoms with Gasteiger partial charge < -0.3 is 10.2 Å². The number of aliphatic hydroxyl groups excluding tert-OH is 2. The lowest BCUT2D eigenvalue weighted by molar-refractivity contribution is -0.137. The Morgan fingerprint density at radius 3 is 2.43 bits per heavy atom. The second kappa shape index (κ2) is 8.67. The zero-order valence-corrected chi connectivity index (χ0v) is 15.2. The van der Waals surface area contributed by atoms with Gasteiger partial charge in [0.05, 0.1) is 23.4 Å². The zero-order valence-electron chi connectivity index (χ0n) is 14.3. The molecule has 1 aromatic carbocycles. The van der Waals surface area contributed by atoms with Crippen LogP contribution >= 0.6 is 0 Å². The summed E-state index contributed by atoms with van der Waals surface area (Å²) in [5.74, 6) is -1.04. The van der Waals surface area contributed by atoms with Crippen molar-refractivity contribution in [1.82, 2.24) is 9.71 Å². The van der Waals surface area contributed by atoms with Crippen LogP contribution in [0.15, 0.2) is 42.6 Å². The number of halogens is 3. The minimum absolute atomic E-state index is 0.118. The predicted octanol–water partition coefficient (Wildman–Crippen LogP) is 1.78. The molecule has 0 spiro atoms. The van der Waals surface area contributed by atoms with Crippen LogP contribution in [-0.2, 0) is 22.8 Å². The van der Waals surface area contributed by atoms with Crippen molar-refractivity contribution in [2.45, 2.75) is 24.5 Å². The van der Waals surface area contributed by atoms with Crippen molar-refractivity contribution < 1.29 is 36.6 Å². The summed E-state index contributed by atoms with van der Waals surface area (Å²) in [5.41, 5.74) is -1.11. The first-order chi connectivity index (χ1) is 13.1. The molecule has 0 saturated heterocycles. The third kappa shape index (κ3) is 5.27. The number of nitrogens with one attached hydrogen (secondary N) is 1. The van der Waals surface area contributed by atoms with Gasteiger partial charge in [-0.3, -0.25) is 9.78 Å². The highest BCUT2D eigenvalue weighted by molar-refractivity contribution is 7.90. The Labute approximate surface area is 158 Å². The molecule has 1 atom stereocenters. The third-order valence-electron chi connectivity index (χ3n) is 3.84. The van der Waals surface area contributed by atoms with Crippen LogP contribution in [0.2, 0.25) is 0 Å². The molecule has 152 valence electrons. The van der Waals surface area contributed by atoms with Crippen molar-refractivity contribution in [1.29, 1.82) is 0 Å². The lowest BCUT2D eigenvalue weighted by Gasteiger charge is -2.19. The number of benzene rings is 1. The smallest absolute Gasteiger partial charge is 0.396 e. The van der Waals surface area contributed by atoms with E-state index in [1.165, 1.54) is 18.2 Å². The molecular weight excluding hydrogens is 401 g/mol. The Morgan fingerprint density at radius 1 is 1.18 bits per heavy atom. The molecule has 0 aliphatic carbocycles. The van der Waals surface area contributed by atoms with Crippen molar-refractivity contribution >= 4 is 15.9 Å². The number of amides is 1. The molecule has 1 unspecified atom stereocenters. The minimum atomic E-state index is -4.67. The van der Waals surface area contributed by atoms with Gasteiger partial charge in [0, 0.05) is 12.8 Å². The van der Waals surface area contributed by atoms with Crippen LogP contribution in [0, 0.1) is 0 Å². The number of hydrogen-bond acceptors (Lipinski definition) is 6. The molecule has 2 rings (SSSR count). The topological polar surface area (TPSA) is 117 Å². The Bertz CT molecular complexity index is 931. The Balaban J connectivity index is 2.32. The molecule has 1 aromatic heterocycles. The summed E-state index contributed by atoms with van der Waals surface area (Å²) in [4.78, 5) is 15.9. The normalized spacial score (nSPS) is 13.2. The molecule has 3 N–H and O–H groups in total. The van der Waals surface area contributed by atoms with Gasteiger partial charge >= 0.3 is 6.18 Å². The van der Waals surface area contributed by atoms with Crippen molar-refractivity contribution in [3.63, 3.8) is 0 Å². The maximum absolute atomic E-state index is 12.9. The van der Waals surface area contributed by atoms with Crippen LogP contribution in [0.25, 0.3) is 0 Å². The second-order valence-electron chi connectivity index (χ2n) is 5.80. The largest absolute Gasteiger partial charge is 0.416 e. The number of carbonyl (C=O) groups excluding carboxylic acids is 1. The van der Waals surface area contributed by atoms with Gasteiger partial charge in [-0.25, -0.2) is 13.1 Å². The van der Waals surface area contributed by atoms with E-state index in [0.717, 1.165) is 18.3 Å². The highest BCUT2D eigenvalue weighted by Crippen LogP contribution is 2.33. The Kier molecular flexibility index (Phi) is 6.75. The summed E-state index contributed by atoms with van der Waals surface area (Å²) in [6, 6.07) is 6.25. The fraction of sp³-hybridized carbons (Fsp3) is 0.294. The van der Waals surface area contributed by atoms with E-state index in [1.54, 1.807) is 4.72 Å². The highest BCUT2D eigenvalue weighted by Gasteiger charge is 2.34. The molecule has 0 bridgehead atoms. The molecule has 0 aliphatic rings. The quantitative estimate of drug-likeness (QED) is 0.631. The van der Waals surface area contributed by atoms with E-state index in [4.69, 9.17) is 10.2 Å². The zero-order chi connectivity index (χ0) is 20.9. The molecule has 7 nitrogen and oxygen atoms in total. The molecule has 2 aromatic rings. The second-order valence-corrected chi connectivity index (χ2v) is 7.66. The fourth-order valence-corrected chi connectivity index (χ4v) is 3.88. The first-order valence-corrected chi connectivity index (χ1v) is 9.53. The Morgan fingerprint density at radius 2 is 1.89 bits per heavy atom. The number of aliphatic hydroxyl groups is 2. The van der Waals surface area contributed by atoms with Crippen LogP contribution in [0.3, 0.4) is 0 Å². The summed E-state index contributed by atoms with van der Waals surface area (Å²) in [5, 5.41) is 16.5. The molecule has 0 saturated carbocycles. The average Bonchev–Trinajstić information content (AvgIpc) is 2.65. The number of hydrogen-bond donors (Lipinski definition) is 3. The van der Waals surface area contributed by atoms with Crippen LogP contribution in [0.5, 0.6) is 0 Å². The summed E-state index contributed by atoms with van der Waals surface area (Å²) in [6.07, 6.45) is -4.03. The summed E-state index contributed by atoms with van der Waals surface area (Å²) in [6.45, 7) is -0.989. The van der Waals surface area contributed by atoms with Gasteiger partial charge in [0.15, 0.2) is 0 Å². The van der Waals surface area contributed by atoms with E-state index in [2.05, 4.69) is 4.98 Å². The van der Waals surface area contributed by atoms with Gasteiger partial charge in [-0.2, -0.15) is 13.2 Å². The summed E-state index contributed by atoms with van der Waals surface area (Å²) in [7, 11) is -4.47. The monoisotopic (exact) mass is 418 g/mol. The van der Waals surface area contributed by atoms with Crippen molar-refractivity contribution in [2.75, 3.05) is 6.61 Å². The number of rotatable bonds is 7. The fourth-order valence-electron chi connectivity index (χ4n) is 2.45. The van der Waals surface area contributed by atoms with Crippen LogP contribution in [0.4, 0.5) is 13.2 Å². The molecule has 28 heavy (non-hydrogen) atoms. The minimum Gasteiger partial charge on any atom is -0.396 e. The lowest BCUT2D eigenvalue weighted by atomic mass is 10.1. The maximum Gasteiger partial charge on any atom is 0.416 e. The molecular formula is C17H17F3N2O5S. The SMILES string of the molecule is O=C(NS(=O)(=O)C(CCO)c1cccc(C(F)(F)F)c1)c1ccc(CO)nc1. The number of alkyl halides is 3. The van der Waals surface area contributed by atoms with Crippen molar-refractivity contribution in [3.8, 4) is 0 Å². The molecule has 0 radical (unpaired) electrons. The van der Waals surface area contributed by atoms with Gasteiger partial charge in [0.25, 0.3) is 5.91 Å². The maximum atomic E-state index is 12.9. The molecule has 1 heterocycles. The lowest BCUT2D eigenvalue weighted by Crippen LogP contribution is -2.35. The Hall–Kier alpha value is -2.50. The van der Waals surface area contributed by atoms with E-state index in [0.29, 0.717) is 6.07 Å². The average molecular weight is 418 g/mol. The first kappa shape index (κ1) is 21.8. The summed E-state index contributed by atoms with van der Waals surface area (Å²) >= 11 is 0. The van der Waals surface area contributed by atoms with Crippen LogP contribution in [0.1, 0.15) is 38.8 Å². The molecule has 1 amide bonds. The molecule has 0 aliphatic heterocycles. The van der Waals surface area contributed by atoms with Crippen LogP contribution < -0.4 is 4.72 Å². The molecule has 0 fully saturated rings. The standard InChI is InChI=1S/C17H17F3N2O5S/c18-17(19,20)13-3-1-2-11(8-13)15(6-7-23)28(26,27)22-16(25)12-4-5-14(10-24)21-9-12/h1-5,8-9,15,23-24H,6-7,10H2,(H,22,25). The number of carbonyl (C=O) groups is 1.